The molecular formula is C21H23F3O4. The summed E-state index contributed by atoms with van der Waals surface area (Å²) in [5.74, 6) is -4.41. The largest absolute Gasteiger partial charge is 0.417 e. The van der Waals surface area contributed by atoms with Crippen molar-refractivity contribution in [2.45, 2.75) is 58.2 Å². The predicted molar refractivity (Wildman–Crippen MR) is 95.1 cm³/mol. The third-order valence-electron chi connectivity index (χ3n) is 5.68. The summed E-state index contributed by atoms with van der Waals surface area (Å²) in [6.07, 6.45) is -2.87. The van der Waals surface area contributed by atoms with Gasteiger partial charge in [-0.2, -0.15) is 13.2 Å². The van der Waals surface area contributed by atoms with Crippen molar-refractivity contribution in [3.05, 3.63) is 33.9 Å². The minimum absolute atomic E-state index is 0.0224. The summed E-state index contributed by atoms with van der Waals surface area (Å²) in [4.78, 5) is 37.6. The first-order chi connectivity index (χ1) is 13.1. The van der Waals surface area contributed by atoms with Crippen LogP contribution in [0.2, 0.25) is 0 Å². The Morgan fingerprint density at radius 1 is 1.18 bits per heavy atom. The van der Waals surface area contributed by atoms with Gasteiger partial charge < -0.3 is 4.74 Å². The maximum absolute atomic E-state index is 14.1. The molecule has 0 aromatic heterocycles. The third-order valence-corrected chi connectivity index (χ3v) is 5.68. The van der Waals surface area contributed by atoms with Crippen LogP contribution in [0.15, 0.2) is 6.07 Å². The first kappa shape index (κ1) is 20.7. The van der Waals surface area contributed by atoms with E-state index < -0.39 is 52.6 Å². The van der Waals surface area contributed by atoms with Crippen LogP contribution in [-0.4, -0.2) is 24.5 Å². The second kappa shape index (κ2) is 7.43. The number of carbonyl (C=O) groups excluding carboxylic acids is 3. The average Bonchev–Trinajstić information content (AvgIpc) is 3.44. The van der Waals surface area contributed by atoms with Gasteiger partial charge in [-0.1, -0.05) is 0 Å². The number of benzene rings is 1. The molecule has 2 unspecified atom stereocenters. The highest BCUT2D eigenvalue weighted by molar-refractivity contribution is 6.25. The van der Waals surface area contributed by atoms with Crippen molar-refractivity contribution in [3.8, 4) is 0 Å². The number of halogens is 3. The number of Topliss-reactive ketones (excluding diaryl/α,β-unsaturated/α-hetero) is 3. The molecule has 3 rings (SSSR count). The number of ketones is 3. The summed E-state index contributed by atoms with van der Waals surface area (Å²) in [6, 6.07) is 1.19. The Morgan fingerprint density at radius 3 is 2.32 bits per heavy atom. The standard InChI is InChI=1S/C21H23F3O4/c1-10-9-14(20(27)16(11(2)25)19(26)12-7-8-12)18(21(22,23)24)17-13(10)5-4-6-15(17)28-3/h9,12,15-16H,4-8H2,1-3H3. The minimum atomic E-state index is -4.80. The number of fused-ring (bicyclic) bond motifs is 1. The summed E-state index contributed by atoms with van der Waals surface area (Å²) in [7, 11) is 1.35. The molecule has 2 atom stereocenters. The van der Waals surface area contributed by atoms with Crippen molar-refractivity contribution in [3.63, 3.8) is 0 Å². The van der Waals surface area contributed by atoms with Gasteiger partial charge in [0.2, 0.25) is 0 Å². The molecule has 0 bridgehead atoms. The number of alkyl halides is 3. The van der Waals surface area contributed by atoms with E-state index in [-0.39, 0.29) is 5.56 Å². The Hall–Kier alpha value is -2.02. The Morgan fingerprint density at radius 2 is 1.82 bits per heavy atom. The topological polar surface area (TPSA) is 60.4 Å². The van der Waals surface area contributed by atoms with Gasteiger partial charge in [0, 0.05) is 18.6 Å². The first-order valence-corrected chi connectivity index (χ1v) is 9.42. The lowest BCUT2D eigenvalue weighted by molar-refractivity contribution is -0.140. The molecule has 28 heavy (non-hydrogen) atoms. The summed E-state index contributed by atoms with van der Waals surface area (Å²) < 4.78 is 47.6. The van der Waals surface area contributed by atoms with Crippen LogP contribution in [0, 0.1) is 18.8 Å². The average molecular weight is 396 g/mol. The van der Waals surface area contributed by atoms with Crippen molar-refractivity contribution in [2.75, 3.05) is 7.11 Å². The molecule has 0 spiro atoms. The van der Waals surface area contributed by atoms with Crippen molar-refractivity contribution in [1.82, 2.24) is 0 Å². The number of ether oxygens (including phenoxy) is 1. The van der Waals surface area contributed by atoms with Gasteiger partial charge in [-0.25, -0.2) is 0 Å². The fraction of sp³-hybridized carbons (Fsp3) is 0.571. The lowest BCUT2D eigenvalue weighted by Crippen LogP contribution is -2.34. The van der Waals surface area contributed by atoms with Gasteiger partial charge in [0.05, 0.1) is 11.7 Å². The van der Waals surface area contributed by atoms with E-state index in [1.165, 1.54) is 13.2 Å². The predicted octanol–water partition coefficient (Wildman–Crippen LogP) is 4.40. The van der Waals surface area contributed by atoms with Crippen molar-refractivity contribution < 1.29 is 32.3 Å². The highest BCUT2D eigenvalue weighted by atomic mass is 19.4. The first-order valence-electron chi connectivity index (χ1n) is 9.42. The smallest absolute Gasteiger partial charge is 0.377 e. The van der Waals surface area contributed by atoms with E-state index >= 15 is 0 Å². The molecule has 7 heteroatoms. The van der Waals surface area contributed by atoms with Crippen LogP contribution in [0.3, 0.4) is 0 Å². The van der Waals surface area contributed by atoms with Crippen LogP contribution < -0.4 is 0 Å². The summed E-state index contributed by atoms with van der Waals surface area (Å²) in [5.41, 5.74) is -0.587. The van der Waals surface area contributed by atoms with E-state index in [1.807, 2.05) is 0 Å². The van der Waals surface area contributed by atoms with E-state index in [0.29, 0.717) is 43.2 Å². The van der Waals surface area contributed by atoms with Gasteiger partial charge in [-0.15, -0.1) is 0 Å². The lowest BCUT2D eigenvalue weighted by atomic mass is 9.78. The Labute approximate surface area is 161 Å². The Bertz CT molecular complexity index is 837. The zero-order chi connectivity index (χ0) is 20.8. The molecule has 1 fully saturated rings. The highest BCUT2D eigenvalue weighted by Gasteiger charge is 2.46. The van der Waals surface area contributed by atoms with Gasteiger partial charge in [-0.05, 0) is 68.7 Å². The summed E-state index contributed by atoms with van der Waals surface area (Å²) in [5, 5.41) is 0. The Kier molecular flexibility index (Phi) is 5.49. The fourth-order valence-corrected chi connectivity index (χ4v) is 4.19. The van der Waals surface area contributed by atoms with Gasteiger partial charge in [0.25, 0.3) is 0 Å². The van der Waals surface area contributed by atoms with Crippen LogP contribution in [0.25, 0.3) is 0 Å². The SMILES string of the molecule is COC1CCCc2c(C)cc(C(=O)C(C(C)=O)C(=O)C3CC3)c(C(F)(F)F)c21. The summed E-state index contributed by atoms with van der Waals surface area (Å²) in [6.45, 7) is 2.73. The van der Waals surface area contributed by atoms with Gasteiger partial charge in [0.1, 0.15) is 11.7 Å². The van der Waals surface area contributed by atoms with Crippen LogP contribution in [-0.2, 0) is 26.9 Å². The van der Waals surface area contributed by atoms with Crippen molar-refractivity contribution in [2.24, 2.45) is 11.8 Å². The number of rotatable bonds is 6. The van der Waals surface area contributed by atoms with Crippen LogP contribution in [0.1, 0.15) is 71.3 Å². The molecule has 0 radical (unpaired) electrons. The van der Waals surface area contributed by atoms with Crippen molar-refractivity contribution in [1.29, 1.82) is 0 Å². The van der Waals surface area contributed by atoms with Crippen molar-refractivity contribution >= 4 is 17.3 Å². The van der Waals surface area contributed by atoms with Crippen LogP contribution in [0.5, 0.6) is 0 Å². The maximum atomic E-state index is 14.1. The molecule has 152 valence electrons. The number of aryl methyl sites for hydroxylation is 1. The molecule has 0 N–H and O–H groups in total. The number of carbonyl (C=O) groups is 3. The fourth-order valence-electron chi connectivity index (χ4n) is 4.19. The Balaban J connectivity index is 2.22. The maximum Gasteiger partial charge on any atom is 0.417 e. The number of methoxy groups -OCH3 is 1. The molecule has 2 aliphatic carbocycles. The molecule has 1 aromatic rings. The van der Waals surface area contributed by atoms with Gasteiger partial charge >= 0.3 is 6.18 Å². The number of hydrogen-bond donors (Lipinski definition) is 0. The lowest BCUT2D eigenvalue weighted by Gasteiger charge is -2.31. The van der Waals surface area contributed by atoms with Crippen LogP contribution in [0.4, 0.5) is 13.2 Å². The minimum Gasteiger partial charge on any atom is -0.377 e. The van der Waals surface area contributed by atoms with E-state index in [2.05, 4.69) is 0 Å². The van der Waals surface area contributed by atoms with E-state index in [4.69, 9.17) is 4.74 Å². The summed E-state index contributed by atoms with van der Waals surface area (Å²) >= 11 is 0. The molecule has 0 heterocycles. The third kappa shape index (κ3) is 3.64. The quantitative estimate of drug-likeness (QED) is 0.528. The molecular weight excluding hydrogens is 373 g/mol. The zero-order valence-corrected chi connectivity index (χ0v) is 16.1. The molecule has 0 aliphatic heterocycles. The molecule has 1 aromatic carbocycles. The van der Waals surface area contributed by atoms with E-state index in [9.17, 15) is 27.6 Å². The zero-order valence-electron chi connectivity index (χ0n) is 16.1. The van der Waals surface area contributed by atoms with E-state index in [1.54, 1.807) is 6.92 Å². The molecule has 2 aliphatic rings. The second-order valence-corrected chi connectivity index (χ2v) is 7.71. The molecule has 1 saturated carbocycles. The van der Waals surface area contributed by atoms with Gasteiger partial charge in [0.15, 0.2) is 11.6 Å². The molecule has 0 amide bonds. The number of hydrogen-bond acceptors (Lipinski definition) is 4. The molecule has 0 saturated heterocycles. The van der Waals surface area contributed by atoms with E-state index in [0.717, 1.165) is 6.92 Å². The monoisotopic (exact) mass is 396 g/mol. The normalized spacial score (nSPS) is 20.4. The van der Waals surface area contributed by atoms with Crippen LogP contribution >= 0.6 is 0 Å². The highest BCUT2D eigenvalue weighted by Crippen LogP contribution is 2.45. The van der Waals surface area contributed by atoms with Gasteiger partial charge in [-0.3, -0.25) is 14.4 Å². The second-order valence-electron chi connectivity index (χ2n) is 7.71. The molecule has 4 nitrogen and oxygen atoms in total.